The molecule has 0 aliphatic rings. The summed E-state index contributed by atoms with van der Waals surface area (Å²) < 4.78 is 55.3. The molecule has 2 rings (SSSR count). The molecule has 0 saturated carbocycles. The summed E-state index contributed by atoms with van der Waals surface area (Å²) in [5, 5.41) is 2.63. The highest BCUT2D eigenvalue weighted by Crippen LogP contribution is 2.37. The molecule has 0 saturated heterocycles. The van der Waals surface area contributed by atoms with Crippen LogP contribution in [0.15, 0.2) is 55.6 Å². The van der Waals surface area contributed by atoms with Gasteiger partial charge in [-0.15, -0.1) is 13.2 Å². The SMILES string of the molecule is C=CCCOc1cccc(C)c1-c1cc(C)c(F)c([C@H](CC(=O)OCC)NC(=O)[C@@H](CCC=C)OS(C)(=O)=O)c1. The van der Waals surface area contributed by atoms with Gasteiger partial charge in [0.15, 0.2) is 6.10 Å². The highest BCUT2D eigenvalue weighted by molar-refractivity contribution is 7.86. The maximum Gasteiger partial charge on any atom is 0.308 e. The predicted octanol–water partition coefficient (Wildman–Crippen LogP) is 5.49. The van der Waals surface area contributed by atoms with Crippen molar-refractivity contribution in [1.82, 2.24) is 5.32 Å². The molecule has 0 spiro atoms. The van der Waals surface area contributed by atoms with Crippen molar-refractivity contribution in [2.45, 2.75) is 58.6 Å². The van der Waals surface area contributed by atoms with Crippen LogP contribution in [0.5, 0.6) is 5.75 Å². The van der Waals surface area contributed by atoms with E-state index in [1.54, 1.807) is 32.1 Å². The van der Waals surface area contributed by atoms with E-state index in [9.17, 15) is 18.0 Å². The van der Waals surface area contributed by atoms with Crippen molar-refractivity contribution in [3.05, 3.63) is 78.1 Å². The first-order valence-electron chi connectivity index (χ1n) is 13.0. The largest absolute Gasteiger partial charge is 0.493 e. The second-order valence-corrected chi connectivity index (χ2v) is 10.9. The third-order valence-electron chi connectivity index (χ3n) is 5.97. The lowest BCUT2D eigenvalue weighted by molar-refractivity contribution is -0.144. The van der Waals surface area contributed by atoms with Crippen molar-refractivity contribution in [2.24, 2.45) is 0 Å². The van der Waals surface area contributed by atoms with Gasteiger partial charge in [-0.05, 0) is 74.9 Å². The number of benzene rings is 2. The van der Waals surface area contributed by atoms with Crippen molar-refractivity contribution in [2.75, 3.05) is 19.5 Å². The second kappa shape index (κ2) is 15.3. The molecule has 0 aromatic heterocycles. The highest BCUT2D eigenvalue weighted by Gasteiger charge is 2.30. The van der Waals surface area contributed by atoms with E-state index in [-0.39, 0.29) is 30.6 Å². The van der Waals surface area contributed by atoms with Crippen LogP contribution in [0.25, 0.3) is 11.1 Å². The fourth-order valence-corrected chi connectivity index (χ4v) is 4.78. The number of allylic oxidation sites excluding steroid dienone is 1. The Morgan fingerprint density at radius 3 is 2.42 bits per heavy atom. The van der Waals surface area contributed by atoms with Crippen molar-refractivity contribution in [3.63, 3.8) is 0 Å². The summed E-state index contributed by atoms with van der Waals surface area (Å²) in [4.78, 5) is 25.7. The molecule has 0 heterocycles. The molecule has 0 fully saturated rings. The van der Waals surface area contributed by atoms with E-state index in [1.165, 1.54) is 6.08 Å². The van der Waals surface area contributed by atoms with Gasteiger partial charge in [-0.1, -0.05) is 24.3 Å². The van der Waals surface area contributed by atoms with E-state index >= 15 is 4.39 Å². The molecule has 218 valence electrons. The standard InChI is InChI=1S/C30H38FNO7S/c1-7-10-14-26(39-40(6,35)36)30(34)32-24(19-27(33)37-9-3)23-18-22(17-21(5)29(23)31)28-20(4)13-12-15-25(28)38-16-11-8-2/h7-8,12-13,15,17-18,24,26H,1-2,9-11,14,16,19H2,3-6H3,(H,32,34)/t24-,26+/m0/s1. The Labute approximate surface area is 236 Å². The molecular formula is C30H38FNO7S. The van der Waals surface area contributed by atoms with Crippen LogP contribution in [0, 0.1) is 19.7 Å². The van der Waals surface area contributed by atoms with Crippen LogP contribution in [-0.2, 0) is 28.6 Å². The van der Waals surface area contributed by atoms with E-state index in [0.29, 0.717) is 30.8 Å². The normalized spacial score (nSPS) is 12.7. The zero-order valence-electron chi connectivity index (χ0n) is 23.5. The van der Waals surface area contributed by atoms with Gasteiger partial charge in [0, 0.05) is 11.1 Å². The molecule has 8 nitrogen and oxygen atoms in total. The molecule has 2 atom stereocenters. The van der Waals surface area contributed by atoms with Crippen LogP contribution in [0.3, 0.4) is 0 Å². The van der Waals surface area contributed by atoms with Gasteiger partial charge >= 0.3 is 5.97 Å². The topological polar surface area (TPSA) is 108 Å². The number of carbonyl (C=O) groups is 2. The number of hydrogen-bond acceptors (Lipinski definition) is 7. The van der Waals surface area contributed by atoms with Crippen LogP contribution >= 0.6 is 0 Å². The van der Waals surface area contributed by atoms with Crippen molar-refractivity contribution >= 4 is 22.0 Å². The molecule has 2 aromatic carbocycles. The number of aryl methyl sites for hydroxylation is 2. The van der Waals surface area contributed by atoms with Gasteiger partial charge in [-0.25, -0.2) is 4.39 Å². The number of amides is 1. The zero-order chi connectivity index (χ0) is 29.9. The fraction of sp³-hybridized carbons (Fsp3) is 0.400. The smallest absolute Gasteiger partial charge is 0.308 e. The summed E-state index contributed by atoms with van der Waals surface area (Å²) in [6.45, 7) is 12.9. The number of nitrogens with one attached hydrogen (secondary N) is 1. The molecule has 10 heteroatoms. The number of ether oxygens (including phenoxy) is 2. The number of esters is 1. The highest BCUT2D eigenvalue weighted by atomic mass is 32.2. The Morgan fingerprint density at radius 1 is 1.10 bits per heavy atom. The first-order chi connectivity index (χ1) is 18.9. The first-order valence-corrected chi connectivity index (χ1v) is 14.8. The summed E-state index contributed by atoms with van der Waals surface area (Å²) in [6, 6.07) is 7.63. The summed E-state index contributed by atoms with van der Waals surface area (Å²) in [5.41, 5.74) is 2.57. The zero-order valence-corrected chi connectivity index (χ0v) is 24.3. The average molecular weight is 576 g/mol. The molecule has 1 amide bonds. The molecule has 0 unspecified atom stereocenters. The maximum atomic E-state index is 15.7. The Morgan fingerprint density at radius 2 is 1.80 bits per heavy atom. The van der Waals surface area contributed by atoms with Crippen LogP contribution in [0.1, 0.15) is 55.3 Å². The maximum absolute atomic E-state index is 15.7. The van der Waals surface area contributed by atoms with Gasteiger partial charge in [-0.3, -0.25) is 13.8 Å². The number of rotatable bonds is 16. The number of hydrogen-bond donors (Lipinski definition) is 1. The average Bonchev–Trinajstić information content (AvgIpc) is 2.87. The molecule has 0 bridgehead atoms. The second-order valence-electron chi connectivity index (χ2n) is 9.30. The lowest BCUT2D eigenvalue weighted by atomic mass is 9.92. The van der Waals surface area contributed by atoms with E-state index < -0.39 is 40.0 Å². The molecular weight excluding hydrogens is 537 g/mol. The predicted molar refractivity (Wildman–Crippen MR) is 153 cm³/mol. The Balaban J connectivity index is 2.60. The minimum atomic E-state index is -3.99. The first kappa shape index (κ1) is 32.7. The van der Waals surface area contributed by atoms with Crippen LogP contribution in [0.4, 0.5) is 4.39 Å². The van der Waals surface area contributed by atoms with Gasteiger partial charge in [0.25, 0.3) is 16.0 Å². The van der Waals surface area contributed by atoms with Gasteiger partial charge in [-0.2, -0.15) is 8.42 Å². The lowest BCUT2D eigenvalue weighted by Gasteiger charge is -2.24. The summed E-state index contributed by atoms with van der Waals surface area (Å²) >= 11 is 0. The summed E-state index contributed by atoms with van der Waals surface area (Å²) in [7, 11) is -3.99. The van der Waals surface area contributed by atoms with Crippen LogP contribution in [-0.4, -0.2) is 45.9 Å². The minimum absolute atomic E-state index is 0.0185. The summed E-state index contributed by atoms with van der Waals surface area (Å²) in [6.07, 6.45) is 3.26. The van der Waals surface area contributed by atoms with Crippen LogP contribution < -0.4 is 10.1 Å². The Bertz CT molecular complexity index is 1320. The van der Waals surface area contributed by atoms with E-state index in [2.05, 4.69) is 18.5 Å². The van der Waals surface area contributed by atoms with Crippen molar-refractivity contribution < 1.29 is 36.1 Å². The lowest BCUT2D eigenvalue weighted by Crippen LogP contribution is -2.40. The minimum Gasteiger partial charge on any atom is -0.493 e. The third-order valence-corrected chi connectivity index (χ3v) is 6.55. The molecule has 2 aromatic rings. The van der Waals surface area contributed by atoms with Crippen molar-refractivity contribution in [1.29, 1.82) is 0 Å². The molecule has 40 heavy (non-hydrogen) atoms. The monoisotopic (exact) mass is 575 g/mol. The number of carbonyl (C=O) groups excluding carboxylic acids is 2. The summed E-state index contributed by atoms with van der Waals surface area (Å²) in [5.74, 6) is -1.50. The quantitative estimate of drug-likeness (QED) is 0.122. The molecule has 0 radical (unpaired) electrons. The van der Waals surface area contributed by atoms with Gasteiger partial charge < -0.3 is 14.8 Å². The third kappa shape index (κ3) is 9.60. The Kier molecular flexibility index (Phi) is 12.5. The fourth-order valence-electron chi connectivity index (χ4n) is 4.17. The van der Waals surface area contributed by atoms with E-state index in [0.717, 1.165) is 17.4 Å². The molecule has 0 aliphatic heterocycles. The number of halogens is 1. The van der Waals surface area contributed by atoms with Crippen molar-refractivity contribution in [3.8, 4) is 16.9 Å². The van der Waals surface area contributed by atoms with Gasteiger partial charge in [0.2, 0.25) is 0 Å². The Hall–Kier alpha value is -3.50. The van der Waals surface area contributed by atoms with E-state index in [1.807, 2.05) is 25.1 Å². The van der Waals surface area contributed by atoms with Gasteiger partial charge in [0.05, 0.1) is 31.9 Å². The van der Waals surface area contributed by atoms with Crippen LogP contribution in [0.2, 0.25) is 0 Å². The molecule has 0 aliphatic carbocycles. The van der Waals surface area contributed by atoms with Gasteiger partial charge in [0.1, 0.15) is 11.6 Å². The van der Waals surface area contributed by atoms with E-state index in [4.69, 9.17) is 13.7 Å². The molecule has 1 N–H and O–H groups in total.